The van der Waals surface area contributed by atoms with Crippen molar-refractivity contribution in [2.24, 2.45) is 12.2 Å². The van der Waals surface area contributed by atoms with Gasteiger partial charge in [0.2, 0.25) is 10.0 Å². The lowest BCUT2D eigenvalue weighted by Gasteiger charge is -2.07. The molecule has 0 aliphatic carbocycles. The first-order valence-corrected chi connectivity index (χ1v) is 8.36. The zero-order valence-electron chi connectivity index (χ0n) is 10.4. The maximum absolute atomic E-state index is 12.0. The van der Waals surface area contributed by atoms with Crippen LogP contribution in [0.3, 0.4) is 0 Å². The van der Waals surface area contributed by atoms with Crippen LogP contribution >= 0.6 is 0 Å². The first kappa shape index (κ1) is 14.5. The van der Waals surface area contributed by atoms with Gasteiger partial charge in [-0.3, -0.25) is 9.40 Å². The molecule has 0 bridgehead atoms. The minimum Gasteiger partial charge on any atom is -0.279 e. The lowest BCUT2D eigenvalue weighted by atomic mass is 10.3. The van der Waals surface area contributed by atoms with E-state index in [1.807, 2.05) is 0 Å². The predicted octanol–water partition coefficient (Wildman–Crippen LogP) is -0.132. The molecule has 0 saturated carbocycles. The lowest BCUT2D eigenvalue weighted by molar-refractivity contribution is 0.596. The number of benzene rings is 1. The summed E-state index contributed by atoms with van der Waals surface area (Å²) >= 11 is 0. The molecule has 0 unspecified atom stereocenters. The molecule has 10 heteroatoms. The second-order valence-electron chi connectivity index (χ2n) is 4.03. The molecule has 8 nitrogen and oxygen atoms in total. The SMILES string of the molecule is Cn1cc(S(=O)(=O)Nc2cccc(S(N)(=O)=O)c2)cn1. The van der Waals surface area contributed by atoms with Gasteiger partial charge in [0.25, 0.3) is 10.0 Å². The number of primary sulfonamides is 1. The Morgan fingerprint density at radius 1 is 1.20 bits per heavy atom. The number of sulfonamides is 2. The number of hydrogen-bond donors (Lipinski definition) is 2. The molecule has 1 aromatic heterocycles. The molecule has 0 radical (unpaired) electrons. The van der Waals surface area contributed by atoms with Gasteiger partial charge in [-0.2, -0.15) is 5.10 Å². The van der Waals surface area contributed by atoms with Gasteiger partial charge < -0.3 is 0 Å². The molecule has 0 aliphatic rings. The van der Waals surface area contributed by atoms with Crippen molar-refractivity contribution < 1.29 is 16.8 Å². The number of hydrogen-bond acceptors (Lipinski definition) is 5. The zero-order valence-corrected chi connectivity index (χ0v) is 12.0. The minimum atomic E-state index is -3.89. The largest absolute Gasteiger partial charge is 0.279 e. The highest BCUT2D eigenvalue weighted by Crippen LogP contribution is 2.18. The van der Waals surface area contributed by atoms with Crippen LogP contribution in [0.5, 0.6) is 0 Å². The molecule has 2 aromatic rings. The monoisotopic (exact) mass is 316 g/mol. The molecule has 0 saturated heterocycles. The number of aromatic nitrogens is 2. The zero-order chi connectivity index (χ0) is 15.0. The van der Waals surface area contributed by atoms with Crippen molar-refractivity contribution in [1.29, 1.82) is 0 Å². The van der Waals surface area contributed by atoms with Gasteiger partial charge in [-0.25, -0.2) is 22.0 Å². The summed E-state index contributed by atoms with van der Waals surface area (Å²) in [5, 5.41) is 8.75. The van der Waals surface area contributed by atoms with Crippen LogP contribution in [-0.2, 0) is 27.1 Å². The van der Waals surface area contributed by atoms with Crippen molar-refractivity contribution >= 4 is 25.7 Å². The minimum absolute atomic E-state index is 0.0268. The summed E-state index contributed by atoms with van der Waals surface area (Å²) in [5.74, 6) is 0. The average Bonchev–Trinajstić information content (AvgIpc) is 2.75. The Kier molecular flexibility index (Phi) is 3.54. The Morgan fingerprint density at radius 2 is 1.90 bits per heavy atom. The van der Waals surface area contributed by atoms with Crippen LogP contribution < -0.4 is 9.86 Å². The Labute approximate surface area is 116 Å². The third-order valence-electron chi connectivity index (χ3n) is 2.41. The van der Waals surface area contributed by atoms with Crippen LogP contribution in [0.25, 0.3) is 0 Å². The van der Waals surface area contributed by atoms with E-state index in [1.165, 1.54) is 35.3 Å². The molecule has 0 atom stereocenters. The maximum atomic E-state index is 12.0. The Bertz CT molecular complexity index is 840. The first-order chi connectivity index (χ1) is 9.18. The number of rotatable bonds is 4. The van der Waals surface area contributed by atoms with Crippen molar-refractivity contribution in [2.75, 3.05) is 4.72 Å². The average molecular weight is 316 g/mol. The molecule has 0 amide bonds. The second kappa shape index (κ2) is 4.89. The van der Waals surface area contributed by atoms with E-state index in [9.17, 15) is 16.8 Å². The van der Waals surface area contributed by atoms with E-state index in [4.69, 9.17) is 5.14 Å². The van der Waals surface area contributed by atoms with E-state index < -0.39 is 20.0 Å². The van der Waals surface area contributed by atoms with E-state index in [2.05, 4.69) is 9.82 Å². The van der Waals surface area contributed by atoms with Crippen molar-refractivity contribution in [1.82, 2.24) is 9.78 Å². The summed E-state index contributed by atoms with van der Waals surface area (Å²) < 4.78 is 50.1. The first-order valence-electron chi connectivity index (χ1n) is 5.33. The molecular formula is C10H12N4O4S2. The van der Waals surface area contributed by atoms with E-state index >= 15 is 0 Å². The van der Waals surface area contributed by atoms with Crippen molar-refractivity contribution in [3.8, 4) is 0 Å². The molecule has 20 heavy (non-hydrogen) atoms. The van der Waals surface area contributed by atoms with Gasteiger partial charge in [0.05, 0.1) is 16.8 Å². The molecule has 1 heterocycles. The summed E-state index contributed by atoms with van der Waals surface area (Å²) in [6.45, 7) is 0. The van der Waals surface area contributed by atoms with Crippen LogP contribution in [0.15, 0.2) is 46.5 Å². The van der Waals surface area contributed by atoms with E-state index in [0.717, 1.165) is 6.07 Å². The van der Waals surface area contributed by atoms with Crippen LogP contribution in [0.1, 0.15) is 0 Å². The number of anilines is 1. The van der Waals surface area contributed by atoms with Crippen molar-refractivity contribution in [3.63, 3.8) is 0 Å². The maximum Gasteiger partial charge on any atom is 0.265 e. The molecule has 1 aromatic carbocycles. The standard InChI is InChI=1S/C10H12N4O4S2/c1-14-7-10(6-12-14)20(17,18)13-8-3-2-4-9(5-8)19(11,15)16/h2-7,13H,1H3,(H2,11,15,16). The fourth-order valence-corrected chi connectivity index (χ4v) is 3.08. The summed E-state index contributed by atoms with van der Waals surface area (Å²) in [7, 11) is -6.13. The van der Waals surface area contributed by atoms with Crippen LogP contribution in [0.2, 0.25) is 0 Å². The second-order valence-corrected chi connectivity index (χ2v) is 7.27. The van der Waals surface area contributed by atoms with E-state index in [1.54, 1.807) is 7.05 Å². The smallest absolute Gasteiger partial charge is 0.265 e. The van der Waals surface area contributed by atoms with Gasteiger partial charge in [0, 0.05) is 13.2 Å². The Balaban J connectivity index is 2.35. The number of nitrogens with one attached hydrogen (secondary N) is 1. The molecule has 2 rings (SSSR count). The topological polar surface area (TPSA) is 124 Å². The number of nitrogens with zero attached hydrogens (tertiary/aromatic N) is 2. The predicted molar refractivity (Wildman–Crippen MR) is 71.8 cm³/mol. The molecular weight excluding hydrogens is 304 g/mol. The van der Waals surface area contributed by atoms with Gasteiger partial charge in [-0.1, -0.05) is 6.07 Å². The van der Waals surface area contributed by atoms with Gasteiger partial charge in [-0.15, -0.1) is 0 Å². The van der Waals surface area contributed by atoms with Crippen LogP contribution in [0, 0.1) is 0 Å². The molecule has 0 fully saturated rings. The quantitative estimate of drug-likeness (QED) is 0.813. The summed E-state index contributed by atoms with van der Waals surface area (Å²) in [6, 6.07) is 5.23. The molecule has 0 spiro atoms. The Hall–Kier alpha value is -1.91. The molecule has 108 valence electrons. The van der Waals surface area contributed by atoms with Crippen LogP contribution in [-0.4, -0.2) is 26.6 Å². The highest BCUT2D eigenvalue weighted by molar-refractivity contribution is 7.92. The number of nitrogens with two attached hydrogens (primary N) is 1. The van der Waals surface area contributed by atoms with Gasteiger partial charge >= 0.3 is 0 Å². The summed E-state index contributed by atoms with van der Waals surface area (Å²) in [6.07, 6.45) is 2.51. The summed E-state index contributed by atoms with van der Waals surface area (Å²) in [5.41, 5.74) is 0.0976. The molecule has 0 aliphatic heterocycles. The third kappa shape index (κ3) is 3.15. The van der Waals surface area contributed by atoms with E-state index in [-0.39, 0.29) is 15.5 Å². The Morgan fingerprint density at radius 3 is 2.45 bits per heavy atom. The van der Waals surface area contributed by atoms with Crippen molar-refractivity contribution in [3.05, 3.63) is 36.7 Å². The van der Waals surface area contributed by atoms with E-state index in [0.29, 0.717) is 0 Å². The lowest BCUT2D eigenvalue weighted by Crippen LogP contribution is -2.15. The fourth-order valence-electron chi connectivity index (χ4n) is 1.49. The third-order valence-corrected chi connectivity index (χ3v) is 4.65. The van der Waals surface area contributed by atoms with Gasteiger partial charge in [0.1, 0.15) is 4.90 Å². The van der Waals surface area contributed by atoms with Gasteiger partial charge in [-0.05, 0) is 18.2 Å². The summed E-state index contributed by atoms with van der Waals surface area (Å²) in [4.78, 5) is -0.204. The van der Waals surface area contributed by atoms with Crippen LogP contribution in [0.4, 0.5) is 5.69 Å². The van der Waals surface area contributed by atoms with Crippen molar-refractivity contribution in [2.45, 2.75) is 9.79 Å². The molecule has 3 N–H and O–H groups in total. The highest BCUT2D eigenvalue weighted by Gasteiger charge is 2.17. The highest BCUT2D eigenvalue weighted by atomic mass is 32.2. The fraction of sp³-hybridized carbons (Fsp3) is 0.100. The van der Waals surface area contributed by atoms with Gasteiger partial charge in [0.15, 0.2) is 0 Å². The number of aryl methyl sites for hydroxylation is 1. The normalized spacial score (nSPS) is 12.3.